The number of likely N-dealkylation sites (tertiary alicyclic amines) is 1. The molecule has 1 aliphatic rings. The minimum absolute atomic E-state index is 0.0334. The van der Waals surface area contributed by atoms with Crippen LogP contribution in [0.3, 0.4) is 0 Å². The number of amides is 2. The molecule has 1 heterocycles. The Morgan fingerprint density at radius 1 is 1.40 bits per heavy atom. The molecule has 1 unspecified atom stereocenters. The van der Waals surface area contributed by atoms with E-state index < -0.39 is 16.9 Å². The lowest BCUT2D eigenvalue weighted by Crippen LogP contribution is -2.53. The summed E-state index contributed by atoms with van der Waals surface area (Å²) < 4.78 is 0. The fourth-order valence-electron chi connectivity index (χ4n) is 2.47. The van der Waals surface area contributed by atoms with E-state index in [2.05, 4.69) is 0 Å². The molecule has 0 aromatic carbocycles. The van der Waals surface area contributed by atoms with E-state index in [9.17, 15) is 19.8 Å². The predicted octanol–water partition coefficient (Wildman–Crippen LogP) is 1.24. The van der Waals surface area contributed by atoms with Crippen LogP contribution in [0.25, 0.3) is 0 Å². The number of carbonyl (C=O) groups is 2. The van der Waals surface area contributed by atoms with Crippen LogP contribution < -0.4 is 0 Å². The first kappa shape index (κ1) is 16.8. The van der Waals surface area contributed by atoms with Gasteiger partial charge in [0.05, 0.1) is 17.6 Å². The Labute approximate surface area is 120 Å². The van der Waals surface area contributed by atoms with Gasteiger partial charge in [0.1, 0.15) is 0 Å². The van der Waals surface area contributed by atoms with Gasteiger partial charge < -0.3 is 20.0 Å². The number of likely N-dealkylation sites (N-methyl/N-ethyl adjacent to an activating group) is 1. The maximum absolute atomic E-state index is 12.4. The normalized spacial score (nSPS) is 23.2. The standard InChI is InChI=1S/C14H26N2O4/c1-10(2)14(11(18)19)6-7-16(8-14)12(20)15(5)13(3,4)9-17/h10,17H,6-9H2,1-5H3,(H,18,19). The number of aliphatic hydroxyl groups excluding tert-OH is 1. The molecule has 1 rings (SSSR count). The summed E-state index contributed by atoms with van der Waals surface area (Å²) in [6.45, 7) is 7.83. The topological polar surface area (TPSA) is 81.1 Å². The number of rotatable bonds is 4. The van der Waals surface area contributed by atoms with Crippen LogP contribution in [-0.4, -0.2) is 64.3 Å². The van der Waals surface area contributed by atoms with Gasteiger partial charge in [-0.25, -0.2) is 4.79 Å². The Kier molecular flexibility index (Phi) is 4.69. The monoisotopic (exact) mass is 286 g/mol. The molecule has 116 valence electrons. The van der Waals surface area contributed by atoms with Crippen molar-refractivity contribution in [1.29, 1.82) is 0 Å². The first-order valence-electron chi connectivity index (χ1n) is 6.95. The van der Waals surface area contributed by atoms with Crippen molar-refractivity contribution in [2.24, 2.45) is 11.3 Å². The van der Waals surface area contributed by atoms with Crippen LogP contribution in [0, 0.1) is 11.3 Å². The Morgan fingerprint density at radius 2 is 1.95 bits per heavy atom. The van der Waals surface area contributed by atoms with Crippen molar-refractivity contribution >= 4 is 12.0 Å². The lowest BCUT2D eigenvalue weighted by Gasteiger charge is -2.37. The Bertz CT molecular complexity index is 395. The molecule has 1 aliphatic heterocycles. The molecule has 2 N–H and O–H groups in total. The molecule has 0 bridgehead atoms. The van der Waals surface area contributed by atoms with Crippen molar-refractivity contribution in [3.63, 3.8) is 0 Å². The zero-order chi connectivity index (χ0) is 15.7. The van der Waals surface area contributed by atoms with Crippen molar-refractivity contribution in [3.8, 4) is 0 Å². The van der Waals surface area contributed by atoms with E-state index in [0.29, 0.717) is 13.0 Å². The third-order valence-electron chi connectivity index (χ3n) is 4.68. The number of carboxylic acids is 1. The molecule has 1 fully saturated rings. The van der Waals surface area contributed by atoms with Gasteiger partial charge in [-0.15, -0.1) is 0 Å². The van der Waals surface area contributed by atoms with E-state index in [4.69, 9.17) is 0 Å². The second-order valence-electron chi connectivity index (χ2n) is 6.60. The molecule has 6 heteroatoms. The average molecular weight is 286 g/mol. The average Bonchev–Trinajstić information content (AvgIpc) is 2.83. The van der Waals surface area contributed by atoms with Gasteiger partial charge in [0.15, 0.2) is 0 Å². The van der Waals surface area contributed by atoms with Gasteiger partial charge >= 0.3 is 12.0 Å². The van der Waals surface area contributed by atoms with E-state index in [1.165, 1.54) is 4.90 Å². The number of aliphatic carboxylic acids is 1. The van der Waals surface area contributed by atoms with E-state index in [-0.39, 0.29) is 25.1 Å². The molecule has 0 aromatic heterocycles. The fourth-order valence-corrected chi connectivity index (χ4v) is 2.47. The smallest absolute Gasteiger partial charge is 0.320 e. The van der Waals surface area contributed by atoms with Crippen molar-refractivity contribution in [1.82, 2.24) is 9.80 Å². The number of hydrogen-bond acceptors (Lipinski definition) is 3. The third-order valence-corrected chi connectivity index (χ3v) is 4.68. The molecule has 20 heavy (non-hydrogen) atoms. The first-order chi connectivity index (χ1) is 9.08. The quantitative estimate of drug-likeness (QED) is 0.815. The number of aliphatic hydroxyl groups is 1. The molecule has 6 nitrogen and oxygen atoms in total. The maximum Gasteiger partial charge on any atom is 0.320 e. The number of nitrogens with zero attached hydrogens (tertiary/aromatic N) is 2. The molecule has 2 amide bonds. The highest BCUT2D eigenvalue weighted by Gasteiger charge is 2.49. The molecule has 0 spiro atoms. The Morgan fingerprint density at radius 3 is 2.30 bits per heavy atom. The van der Waals surface area contributed by atoms with E-state index in [0.717, 1.165) is 0 Å². The van der Waals surface area contributed by atoms with Crippen molar-refractivity contribution in [2.75, 3.05) is 26.7 Å². The highest BCUT2D eigenvalue weighted by atomic mass is 16.4. The third kappa shape index (κ3) is 2.75. The summed E-state index contributed by atoms with van der Waals surface area (Å²) in [5, 5.41) is 18.8. The molecular formula is C14H26N2O4. The van der Waals surface area contributed by atoms with Gasteiger partial charge in [-0.2, -0.15) is 0 Å². The van der Waals surface area contributed by atoms with Crippen LogP contribution >= 0.6 is 0 Å². The maximum atomic E-state index is 12.4. The number of carbonyl (C=O) groups excluding carboxylic acids is 1. The summed E-state index contributed by atoms with van der Waals surface area (Å²) in [6.07, 6.45) is 0.471. The van der Waals surface area contributed by atoms with Crippen LogP contribution in [-0.2, 0) is 4.79 Å². The van der Waals surface area contributed by atoms with E-state index in [1.807, 2.05) is 13.8 Å². The summed E-state index contributed by atoms with van der Waals surface area (Å²) in [5.74, 6) is -0.874. The molecule has 1 atom stereocenters. The second kappa shape index (κ2) is 5.60. The first-order valence-corrected chi connectivity index (χ1v) is 6.95. The van der Waals surface area contributed by atoms with Crippen LogP contribution in [0.15, 0.2) is 0 Å². The van der Waals surface area contributed by atoms with Gasteiger partial charge in [-0.1, -0.05) is 13.8 Å². The summed E-state index contributed by atoms with van der Waals surface area (Å²) in [7, 11) is 1.63. The summed E-state index contributed by atoms with van der Waals surface area (Å²) in [5.41, 5.74) is -1.52. The minimum Gasteiger partial charge on any atom is -0.481 e. The molecular weight excluding hydrogens is 260 g/mol. The highest BCUT2D eigenvalue weighted by molar-refractivity contribution is 5.80. The Balaban J connectivity index is 2.87. The molecule has 0 aromatic rings. The van der Waals surface area contributed by atoms with Crippen LogP contribution in [0.5, 0.6) is 0 Å². The van der Waals surface area contributed by atoms with Gasteiger partial charge in [-0.05, 0) is 26.2 Å². The number of urea groups is 1. The van der Waals surface area contributed by atoms with Crippen LogP contribution in [0.4, 0.5) is 4.79 Å². The van der Waals surface area contributed by atoms with Crippen molar-refractivity contribution in [2.45, 2.75) is 39.7 Å². The zero-order valence-electron chi connectivity index (χ0n) is 13.0. The van der Waals surface area contributed by atoms with Gasteiger partial charge in [0.25, 0.3) is 0 Å². The molecule has 0 radical (unpaired) electrons. The molecule has 1 saturated heterocycles. The number of hydrogen-bond donors (Lipinski definition) is 2. The van der Waals surface area contributed by atoms with Gasteiger partial charge in [0.2, 0.25) is 0 Å². The predicted molar refractivity (Wildman–Crippen MR) is 75.4 cm³/mol. The molecule has 0 aliphatic carbocycles. The van der Waals surface area contributed by atoms with Gasteiger partial charge in [0, 0.05) is 20.1 Å². The SMILES string of the molecule is CC(C)C1(C(=O)O)CCN(C(=O)N(C)C(C)(C)CO)C1. The summed E-state index contributed by atoms with van der Waals surface area (Å²) >= 11 is 0. The van der Waals surface area contributed by atoms with Crippen molar-refractivity contribution in [3.05, 3.63) is 0 Å². The van der Waals surface area contributed by atoms with Crippen LogP contribution in [0.1, 0.15) is 34.1 Å². The summed E-state index contributed by atoms with van der Waals surface area (Å²) in [4.78, 5) is 27.0. The lowest BCUT2D eigenvalue weighted by molar-refractivity contribution is -0.150. The van der Waals surface area contributed by atoms with Gasteiger partial charge in [-0.3, -0.25) is 4.79 Å². The highest BCUT2D eigenvalue weighted by Crippen LogP contribution is 2.38. The summed E-state index contributed by atoms with van der Waals surface area (Å²) in [6, 6.07) is -0.229. The van der Waals surface area contributed by atoms with Crippen molar-refractivity contribution < 1.29 is 19.8 Å². The van der Waals surface area contributed by atoms with E-state index >= 15 is 0 Å². The molecule has 0 saturated carbocycles. The fraction of sp³-hybridized carbons (Fsp3) is 0.857. The minimum atomic E-state index is -0.861. The second-order valence-corrected chi connectivity index (χ2v) is 6.60. The van der Waals surface area contributed by atoms with E-state index in [1.54, 1.807) is 25.8 Å². The number of carboxylic acid groups (broad SMARTS) is 1. The largest absolute Gasteiger partial charge is 0.481 e. The Hall–Kier alpha value is -1.30. The van der Waals surface area contributed by atoms with Crippen LogP contribution in [0.2, 0.25) is 0 Å². The zero-order valence-corrected chi connectivity index (χ0v) is 13.0. The lowest BCUT2D eigenvalue weighted by atomic mass is 9.76.